The van der Waals surface area contributed by atoms with E-state index in [2.05, 4.69) is 0 Å². The number of nitro groups is 1. The van der Waals surface area contributed by atoms with Gasteiger partial charge in [0.15, 0.2) is 11.6 Å². The molecule has 0 radical (unpaired) electrons. The third-order valence-electron chi connectivity index (χ3n) is 2.70. The van der Waals surface area contributed by atoms with Crippen molar-refractivity contribution in [3.63, 3.8) is 0 Å². The second kappa shape index (κ2) is 5.80. The van der Waals surface area contributed by atoms with Crippen LogP contribution in [0.5, 0.6) is 11.5 Å². The Balaban J connectivity index is 2.43. The Morgan fingerprint density at radius 2 is 1.81 bits per heavy atom. The van der Waals surface area contributed by atoms with Crippen LogP contribution in [-0.4, -0.2) is 4.92 Å². The molecule has 21 heavy (non-hydrogen) atoms. The quantitative estimate of drug-likeness (QED) is 0.694. The summed E-state index contributed by atoms with van der Waals surface area (Å²) in [4.78, 5) is 9.42. The Bertz CT molecular complexity index is 707. The molecule has 0 saturated carbocycles. The Labute approximate surface area is 116 Å². The zero-order chi connectivity index (χ0) is 15.6. The highest BCUT2D eigenvalue weighted by Crippen LogP contribution is 2.32. The summed E-state index contributed by atoms with van der Waals surface area (Å²) in [5, 5.41) is 10.5. The summed E-state index contributed by atoms with van der Waals surface area (Å²) in [6, 6.07) is 4.69. The normalized spacial score (nSPS) is 10.5. The first-order valence-corrected chi connectivity index (χ1v) is 5.72. The third kappa shape index (κ3) is 2.95. The SMILES string of the molecule is NCc1c(F)cccc1Oc1cc(F)c([N+](=O)[O-])cc1F. The number of nitrogens with zero attached hydrogens (tertiary/aromatic N) is 1. The number of benzene rings is 2. The maximum absolute atomic E-state index is 13.7. The molecule has 0 saturated heterocycles. The molecule has 110 valence electrons. The number of rotatable bonds is 4. The lowest BCUT2D eigenvalue weighted by Gasteiger charge is -2.11. The first-order valence-electron chi connectivity index (χ1n) is 5.72. The van der Waals surface area contributed by atoms with Gasteiger partial charge in [0.1, 0.15) is 11.6 Å². The van der Waals surface area contributed by atoms with Crippen LogP contribution in [-0.2, 0) is 6.54 Å². The third-order valence-corrected chi connectivity index (χ3v) is 2.70. The van der Waals surface area contributed by atoms with Crippen molar-refractivity contribution in [3.8, 4) is 11.5 Å². The van der Waals surface area contributed by atoms with Crippen molar-refractivity contribution >= 4 is 5.69 Å². The summed E-state index contributed by atoms with van der Waals surface area (Å²) < 4.78 is 45.7. The zero-order valence-electron chi connectivity index (χ0n) is 10.5. The summed E-state index contributed by atoms with van der Waals surface area (Å²) in [5.41, 5.74) is 4.33. The molecule has 0 aliphatic carbocycles. The molecule has 8 heteroatoms. The predicted octanol–water partition coefficient (Wildman–Crippen LogP) is 3.26. The van der Waals surface area contributed by atoms with Crippen molar-refractivity contribution in [2.45, 2.75) is 6.54 Å². The predicted molar refractivity (Wildman–Crippen MR) is 67.4 cm³/mol. The minimum Gasteiger partial charge on any atom is -0.454 e. The molecule has 0 spiro atoms. The highest BCUT2D eigenvalue weighted by molar-refractivity contribution is 5.43. The van der Waals surface area contributed by atoms with Gasteiger partial charge < -0.3 is 10.5 Å². The van der Waals surface area contributed by atoms with Crippen molar-refractivity contribution in [2.24, 2.45) is 5.73 Å². The van der Waals surface area contributed by atoms with E-state index in [4.69, 9.17) is 10.5 Å². The Hall–Kier alpha value is -2.61. The van der Waals surface area contributed by atoms with E-state index in [0.717, 1.165) is 6.07 Å². The summed E-state index contributed by atoms with van der Waals surface area (Å²) in [5.74, 6) is -3.75. The van der Waals surface area contributed by atoms with Crippen molar-refractivity contribution in [2.75, 3.05) is 0 Å². The van der Waals surface area contributed by atoms with Crippen LogP contribution < -0.4 is 10.5 Å². The van der Waals surface area contributed by atoms with Gasteiger partial charge in [-0.05, 0) is 12.1 Å². The lowest BCUT2D eigenvalue weighted by Crippen LogP contribution is -2.03. The standard InChI is InChI=1S/C13H9F3N2O3/c14-8-2-1-3-12(7(8)6-17)21-13-5-9(15)11(18(19)20)4-10(13)16/h1-5H,6,17H2. The van der Waals surface area contributed by atoms with Gasteiger partial charge in [0.05, 0.1) is 11.0 Å². The van der Waals surface area contributed by atoms with Crippen molar-refractivity contribution in [1.29, 1.82) is 0 Å². The van der Waals surface area contributed by atoms with Gasteiger partial charge in [-0.15, -0.1) is 0 Å². The molecule has 0 aliphatic rings. The summed E-state index contributed by atoms with van der Waals surface area (Å²) in [6.45, 7) is -0.209. The van der Waals surface area contributed by atoms with E-state index in [0.29, 0.717) is 12.1 Å². The maximum atomic E-state index is 13.7. The average molecular weight is 298 g/mol. The molecule has 0 fully saturated rings. The van der Waals surface area contributed by atoms with E-state index < -0.39 is 33.8 Å². The fourth-order valence-corrected chi connectivity index (χ4v) is 1.69. The second-order valence-electron chi connectivity index (χ2n) is 4.01. The van der Waals surface area contributed by atoms with Gasteiger partial charge in [0, 0.05) is 18.2 Å². The number of nitro benzene ring substituents is 1. The van der Waals surface area contributed by atoms with E-state index in [9.17, 15) is 23.3 Å². The Morgan fingerprint density at radius 3 is 2.43 bits per heavy atom. The van der Waals surface area contributed by atoms with Gasteiger partial charge in [0.2, 0.25) is 5.82 Å². The molecule has 0 bridgehead atoms. The number of nitrogens with two attached hydrogens (primary N) is 1. The number of ether oxygens (including phenoxy) is 1. The van der Waals surface area contributed by atoms with E-state index in [1.54, 1.807) is 0 Å². The highest BCUT2D eigenvalue weighted by atomic mass is 19.1. The van der Waals surface area contributed by atoms with E-state index in [1.165, 1.54) is 12.1 Å². The van der Waals surface area contributed by atoms with Gasteiger partial charge in [-0.1, -0.05) is 6.07 Å². The fraction of sp³-hybridized carbons (Fsp3) is 0.0769. The van der Waals surface area contributed by atoms with E-state index >= 15 is 0 Å². The maximum Gasteiger partial charge on any atom is 0.307 e. The van der Waals surface area contributed by atoms with Gasteiger partial charge in [-0.25, -0.2) is 8.78 Å². The molecular formula is C13H9F3N2O3. The molecular weight excluding hydrogens is 289 g/mol. The fourth-order valence-electron chi connectivity index (χ4n) is 1.69. The monoisotopic (exact) mass is 298 g/mol. The lowest BCUT2D eigenvalue weighted by atomic mass is 10.2. The van der Waals surface area contributed by atoms with Crippen LogP contribution >= 0.6 is 0 Å². The Kier molecular flexibility index (Phi) is 4.08. The first kappa shape index (κ1) is 14.8. The van der Waals surface area contributed by atoms with Crippen molar-refractivity contribution < 1.29 is 22.8 Å². The van der Waals surface area contributed by atoms with Gasteiger partial charge in [-0.2, -0.15) is 4.39 Å². The largest absolute Gasteiger partial charge is 0.454 e. The molecule has 2 aromatic carbocycles. The number of hydrogen-bond donors (Lipinski definition) is 1. The molecule has 2 aromatic rings. The zero-order valence-corrected chi connectivity index (χ0v) is 10.5. The van der Waals surface area contributed by atoms with Crippen LogP contribution in [0, 0.1) is 27.6 Å². The van der Waals surface area contributed by atoms with Crippen LogP contribution in [0.2, 0.25) is 0 Å². The number of hydrogen-bond acceptors (Lipinski definition) is 4. The first-order chi connectivity index (χ1) is 9.93. The second-order valence-corrected chi connectivity index (χ2v) is 4.01. The van der Waals surface area contributed by atoms with E-state index in [-0.39, 0.29) is 17.9 Å². The molecule has 2 rings (SSSR count). The molecule has 0 amide bonds. The average Bonchev–Trinajstić information content (AvgIpc) is 2.42. The summed E-state index contributed by atoms with van der Waals surface area (Å²) >= 11 is 0. The summed E-state index contributed by atoms with van der Waals surface area (Å²) in [6.07, 6.45) is 0. The molecule has 0 heterocycles. The Morgan fingerprint density at radius 1 is 1.10 bits per heavy atom. The van der Waals surface area contributed by atoms with Gasteiger partial charge in [0.25, 0.3) is 0 Å². The van der Waals surface area contributed by atoms with Crippen LogP contribution in [0.3, 0.4) is 0 Å². The van der Waals surface area contributed by atoms with Crippen LogP contribution in [0.4, 0.5) is 18.9 Å². The minimum absolute atomic E-state index is 0.0179. The molecule has 0 unspecified atom stereocenters. The van der Waals surface area contributed by atoms with Crippen molar-refractivity contribution in [3.05, 3.63) is 63.5 Å². The lowest BCUT2D eigenvalue weighted by molar-refractivity contribution is -0.387. The topological polar surface area (TPSA) is 78.4 Å². The van der Waals surface area contributed by atoms with Gasteiger partial charge in [-0.3, -0.25) is 10.1 Å². The smallest absolute Gasteiger partial charge is 0.307 e. The molecule has 0 aliphatic heterocycles. The summed E-state index contributed by atoms with van der Waals surface area (Å²) in [7, 11) is 0. The molecule has 2 N–H and O–H groups in total. The number of halogens is 3. The van der Waals surface area contributed by atoms with Crippen LogP contribution in [0.1, 0.15) is 5.56 Å². The highest BCUT2D eigenvalue weighted by Gasteiger charge is 2.20. The van der Waals surface area contributed by atoms with E-state index in [1.807, 2.05) is 0 Å². The molecule has 5 nitrogen and oxygen atoms in total. The molecule has 0 aromatic heterocycles. The van der Waals surface area contributed by atoms with Crippen LogP contribution in [0.25, 0.3) is 0 Å². The van der Waals surface area contributed by atoms with Crippen molar-refractivity contribution in [1.82, 2.24) is 0 Å². The minimum atomic E-state index is -1.26. The van der Waals surface area contributed by atoms with Crippen LogP contribution in [0.15, 0.2) is 30.3 Å². The molecule has 0 atom stereocenters. The van der Waals surface area contributed by atoms with Gasteiger partial charge >= 0.3 is 5.69 Å².